The first-order valence-electron chi connectivity index (χ1n) is 8.29. The SMILES string of the molecule is Cc1ccc(C)c(Cn2ncn3nc(-c4ccc(F)cc4)cc3c2=O)c1. The fourth-order valence-corrected chi connectivity index (χ4v) is 2.94. The van der Waals surface area contributed by atoms with Crippen LogP contribution in [0.2, 0.25) is 0 Å². The molecule has 0 saturated carbocycles. The second kappa shape index (κ2) is 6.22. The zero-order valence-electron chi connectivity index (χ0n) is 14.5. The molecule has 0 N–H and O–H groups in total. The van der Waals surface area contributed by atoms with Gasteiger partial charge in [0.1, 0.15) is 17.7 Å². The average molecular weight is 348 g/mol. The molecule has 5 nitrogen and oxygen atoms in total. The quantitative estimate of drug-likeness (QED) is 0.570. The highest BCUT2D eigenvalue weighted by molar-refractivity contribution is 5.65. The summed E-state index contributed by atoms with van der Waals surface area (Å²) in [5.41, 5.74) is 4.89. The van der Waals surface area contributed by atoms with Crippen LogP contribution in [0.5, 0.6) is 0 Å². The van der Waals surface area contributed by atoms with E-state index in [1.54, 1.807) is 18.2 Å². The van der Waals surface area contributed by atoms with Crippen LogP contribution in [0.4, 0.5) is 4.39 Å². The molecular formula is C20H17FN4O. The zero-order valence-corrected chi connectivity index (χ0v) is 14.5. The lowest BCUT2D eigenvalue weighted by Gasteiger charge is -2.08. The Kier molecular flexibility index (Phi) is 3.88. The number of rotatable bonds is 3. The molecular weight excluding hydrogens is 331 g/mol. The Morgan fingerprint density at radius 3 is 2.58 bits per heavy atom. The largest absolute Gasteiger partial charge is 0.293 e. The summed E-state index contributed by atoms with van der Waals surface area (Å²) < 4.78 is 16.0. The van der Waals surface area contributed by atoms with Crippen molar-refractivity contribution in [2.75, 3.05) is 0 Å². The Labute approximate surface area is 149 Å². The summed E-state index contributed by atoms with van der Waals surface area (Å²) >= 11 is 0. The van der Waals surface area contributed by atoms with Crippen LogP contribution in [0.3, 0.4) is 0 Å². The predicted molar refractivity (Wildman–Crippen MR) is 97.7 cm³/mol. The second-order valence-electron chi connectivity index (χ2n) is 6.39. The Morgan fingerprint density at radius 2 is 1.81 bits per heavy atom. The lowest BCUT2D eigenvalue weighted by atomic mass is 10.1. The van der Waals surface area contributed by atoms with E-state index < -0.39 is 0 Å². The van der Waals surface area contributed by atoms with Crippen LogP contribution < -0.4 is 5.56 Å². The van der Waals surface area contributed by atoms with Crippen molar-refractivity contribution in [3.05, 3.63) is 87.7 Å². The summed E-state index contributed by atoms with van der Waals surface area (Å²) in [5, 5.41) is 8.61. The van der Waals surface area contributed by atoms with Gasteiger partial charge in [-0.15, -0.1) is 0 Å². The van der Waals surface area contributed by atoms with Gasteiger partial charge in [-0.05, 0) is 55.3 Å². The molecule has 0 saturated heterocycles. The summed E-state index contributed by atoms with van der Waals surface area (Å²) in [6.45, 7) is 4.44. The second-order valence-corrected chi connectivity index (χ2v) is 6.39. The van der Waals surface area contributed by atoms with E-state index in [2.05, 4.69) is 16.3 Å². The van der Waals surface area contributed by atoms with Gasteiger partial charge in [0, 0.05) is 5.56 Å². The number of aromatic nitrogens is 4. The number of hydrogen-bond acceptors (Lipinski definition) is 3. The normalized spacial score (nSPS) is 11.2. The molecule has 0 aliphatic carbocycles. The van der Waals surface area contributed by atoms with Crippen molar-refractivity contribution in [2.24, 2.45) is 0 Å². The molecule has 0 fully saturated rings. The van der Waals surface area contributed by atoms with Crippen molar-refractivity contribution in [1.29, 1.82) is 0 Å². The Balaban J connectivity index is 1.76. The van der Waals surface area contributed by atoms with Gasteiger partial charge in [-0.25, -0.2) is 13.6 Å². The predicted octanol–water partition coefficient (Wildman–Crippen LogP) is 3.36. The van der Waals surface area contributed by atoms with Crippen LogP contribution in [0.15, 0.2) is 59.7 Å². The molecule has 0 aliphatic heterocycles. The molecule has 130 valence electrons. The van der Waals surface area contributed by atoms with E-state index >= 15 is 0 Å². The Hall–Kier alpha value is -3.28. The van der Waals surface area contributed by atoms with Gasteiger partial charge in [0.2, 0.25) is 0 Å². The smallest absolute Gasteiger partial charge is 0.265 e. The van der Waals surface area contributed by atoms with E-state index in [-0.39, 0.29) is 11.4 Å². The van der Waals surface area contributed by atoms with Gasteiger partial charge in [-0.1, -0.05) is 23.8 Å². The van der Waals surface area contributed by atoms with Gasteiger partial charge < -0.3 is 0 Å². The molecule has 2 heterocycles. The summed E-state index contributed by atoms with van der Waals surface area (Å²) in [4.78, 5) is 12.8. The topological polar surface area (TPSA) is 52.2 Å². The molecule has 4 rings (SSSR count). The molecule has 0 aliphatic rings. The molecule has 2 aromatic carbocycles. The summed E-state index contributed by atoms with van der Waals surface area (Å²) in [5.74, 6) is -0.310. The number of fused-ring (bicyclic) bond motifs is 1. The summed E-state index contributed by atoms with van der Waals surface area (Å²) in [7, 11) is 0. The molecule has 4 aromatic rings. The zero-order chi connectivity index (χ0) is 18.3. The molecule has 0 radical (unpaired) electrons. The minimum Gasteiger partial charge on any atom is -0.265 e. The van der Waals surface area contributed by atoms with Gasteiger partial charge in [-0.3, -0.25) is 4.79 Å². The van der Waals surface area contributed by atoms with Gasteiger partial charge in [0.25, 0.3) is 5.56 Å². The highest BCUT2D eigenvalue weighted by Gasteiger charge is 2.11. The van der Waals surface area contributed by atoms with Crippen LogP contribution in [0.25, 0.3) is 16.8 Å². The van der Waals surface area contributed by atoms with Crippen molar-refractivity contribution in [1.82, 2.24) is 19.4 Å². The molecule has 0 unspecified atom stereocenters. The van der Waals surface area contributed by atoms with Crippen molar-refractivity contribution in [2.45, 2.75) is 20.4 Å². The number of aryl methyl sites for hydroxylation is 2. The third kappa shape index (κ3) is 2.90. The van der Waals surface area contributed by atoms with Crippen LogP contribution in [-0.4, -0.2) is 19.4 Å². The summed E-state index contributed by atoms with van der Waals surface area (Å²) in [6.07, 6.45) is 1.52. The van der Waals surface area contributed by atoms with E-state index in [9.17, 15) is 9.18 Å². The van der Waals surface area contributed by atoms with Gasteiger partial charge in [0.05, 0.1) is 12.2 Å². The van der Waals surface area contributed by atoms with Crippen LogP contribution in [0, 0.1) is 19.7 Å². The monoisotopic (exact) mass is 348 g/mol. The lowest BCUT2D eigenvalue weighted by molar-refractivity contribution is 0.618. The van der Waals surface area contributed by atoms with Gasteiger partial charge in [0.15, 0.2) is 0 Å². The standard InChI is InChI=1S/C20H17FN4O/c1-13-3-4-14(2)16(9-13)11-24-20(26)19-10-18(23-25(19)12-22-24)15-5-7-17(21)8-6-15/h3-10,12H,11H2,1-2H3. The molecule has 0 bridgehead atoms. The van der Waals surface area contributed by atoms with Crippen molar-refractivity contribution in [3.8, 4) is 11.3 Å². The fourth-order valence-electron chi connectivity index (χ4n) is 2.94. The van der Waals surface area contributed by atoms with E-state index in [4.69, 9.17) is 0 Å². The molecule has 2 aromatic heterocycles. The third-order valence-corrected chi connectivity index (χ3v) is 4.45. The Morgan fingerprint density at radius 1 is 1.04 bits per heavy atom. The molecule has 0 atom stereocenters. The number of hydrogen-bond donors (Lipinski definition) is 0. The molecule has 0 amide bonds. The maximum atomic E-state index is 13.1. The van der Waals surface area contributed by atoms with Crippen molar-refractivity contribution >= 4 is 5.52 Å². The number of benzene rings is 2. The van der Waals surface area contributed by atoms with Crippen LogP contribution in [-0.2, 0) is 6.54 Å². The van der Waals surface area contributed by atoms with Crippen molar-refractivity contribution in [3.63, 3.8) is 0 Å². The Bertz CT molecular complexity index is 1160. The van der Waals surface area contributed by atoms with Gasteiger partial charge >= 0.3 is 0 Å². The van der Waals surface area contributed by atoms with Crippen molar-refractivity contribution < 1.29 is 4.39 Å². The van der Waals surface area contributed by atoms with E-state index in [1.807, 2.05) is 26.0 Å². The van der Waals surface area contributed by atoms with Crippen LogP contribution >= 0.6 is 0 Å². The molecule has 26 heavy (non-hydrogen) atoms. The van der Waals surface area contributed by atoms with E-state index in [0.29, 0.717) is 17.8 Å². The van der Waals surface area contributed by atoms with E-state index in [1.165, 1.54) is 27.7 Å². The van der Waals surface area contributed by atoms with E-state index in [0.717, 1.165) is 22.3 Å². The molecule has 0 spiro atoms. The fraction of sp³-hybridized carbons (Fsp3) is 0.150. The minimum atomic E-state index is -0.310. The first kappa shape index (κ1) is 16.2. The first-order valence-corrected chi connectivity index (χ1v) is 8.29. The number of nitrogens with zero attached hydrogens (tertiary/aromatic N) is 4. The third-order valence-electron chi connectivity index (χ3n) is 4.45. The highest BCUT2D eigenvalue weighted by atomic mass is 19.1. The minimum absolute atomic E-state index is 0.214. The van der Waals surface area contributed by atoms with Crippen LogP contribution in [0.1, 0.15) is 16.7 Å². The molecule has 6 heteroatoms. The average Bonchev–Trinajstić information content (AvgIpc) is 3.06. The lowest BCUT2D eigenvalue weighted by Crippen LogP contribution is -2.25. The van der Waals surface area contributed by atoms with Gasteiger partial charge in [-0.2, -0.15) is 10.2 Å². The first-order chi connectivity index (χ1) is 12.5. The maximum absolute atomic E-state index is 13.1. The highest BCUT2D eigenvalue weighted by Crippen LogP contribution is 2.18. The summed E-state index contributed by atoms with van der Waals surface area (Å²) in [6, 6.07) is 13.9. The maximum Gasteiger partial charge on any atom is 0.293 e. The number of halogens is 1.